The molecule has 1 atom stereocenters. The summed E-state index contributed by atoms with van der Waals surface area (Å²) >= 11 is 0. The fourth-order valence-corrected chi connectivity index (χ4v) is 5.25. The van der Waals surface area contributed by atoms with Gasteiger partial charge in [0.2, 0.25) is 0 Å². The van der Waals surface area contributed by atoms with Gasteiger partial charge in [0, 0.05) is 6.04 Å². The van der Waals surface area contributed by atoms with E-state index < -0.39 is 0 Å². The zero-order chi connectivity index (χ0) is 13.7. The van der Waals surface area contributed by atoms with Crippen LogP contribution in [0.4, 0.5) is 0 Å². The van der Waals surface area contributed by atoms with Gasteiger partial charge in [-0.05, 0) is 80.9 Å². The van der Waals surface area contributed by atoms with E-state index in [-0.39, 0.29) is 11.6 Å². The average molecular weight is 271 g/mol. The molecular formula is C18H25NO. The summed E-state index contributed by atoms with van der Waals surface area (Å²) in [4.78, 5) is 0. The molecule has 4 aliphatic carbocycles. The van der Waals surface area contributed by atoms with Crippen LogP contribution in [-0.2, 0) is 0 Å². The summed E-state index contributed by atoms with van der Waals surface area (Å²) in [7, 11) is 0. The molecule has 0 aliphatic heterocycles. The summed E-state index contributed by atoms with van der Waals surface area (Å²) in [5.41, 5.74) is 7.25. The average Bonchev–Trinajstić information content (AvgIpc) is 2.37. The van der Waals surface area contributed by atoms with Crippen molar-refractivity contribution in [2.75, 3.05) is 0 Å². The Morgan fingerprint density at radius 1 is 1.00 bits per heavy atom. The highest BCUT2D eigenvalue weighted by atomic mass is 16.5. The monoisotopic (exact) mass is 271 g/mol. The topological polar surface area (TPSA) is 35.2 Å². The van der Waals surface area contributed by atoms with E-state index in [0.29, 0.717) is 0 Å². The predicted octanol–water partition coefficient (Wildman–Crippen LogP) is 4.05. The first-order valence-corrected chi connectivity index (χ1v) is 8.16. The molecule has 0 saturated heterocycles. The maximum atomic E-state index is 6.51. The number of nitrogens with two attached hydrogens (primary N) is 1. The zero-order valence-electron chi connectivity index (χ0n) is 12.3. The molecule has 4 bridgehead atoms. The van der Waals surface area contributed by atoms with Crippen LogP contribution >= 0.6 is 0 Å². The summed E-state index contributed by atoms with van der Waals surface area (Å²) in [6, 6.07) is 8.54. The molecule has 108 valence electrons. The molecule has 5 rings (SSSR count). The third kappa shape index (κ3) is 2.14. The Labute approximate surface area is 121 Å². The van der Waals surface area contributed by atoms with Gasteiger partial charge in [-0.3, -0.25) is 0 Å². The van der Waals surface area contributed by atoms with E-state index in [1.165, 1.54) is 44.1 Å². The minimum absolute atomic E-state index is 0.101. The van der Waals surface area contributed by atoms with E-state index in [1.807, 2.05) is 6.92 Å². The molecule has 1 unspecified atom stereocenters. The van der Waals surface area contributed by atoms with E-state index in [4.69, 9.17) is 10.5 Å². The first-order chi connectivity index (χ1) is 9.62. The fourth-order valence-electron chi connectivity index (χ4n) is 5.25. The molecule has 1 aromatic carbocycles. The van der Waals surface area contributed by atoms with Crippen LogP contribution in [0.2, 0.25) is 0 Å². The molecule has 0 radical (unpaired) electrons. The normalized spacial score (nSPS) is 39.8. The minimum atomic E-state index is 0.101. The van der Waals surface area contributed by atoms with Gasteiger partial charge in [-0.2, -0.15) is 0 Å². The second kappa shape index (κ2) is 4.49. The zero-order valence-corrected chi connectivity index (χ0v) is 12.3. The highest BCUT2D eigenvalue weighted by molar-refractivity contribution is 5.29. The Bertz CT molecular complexity index is 455. The summed E-state index contributed by atoms with van der Waals surface area (Å²) < 4.78 is 6.51. The van der Waals surface area contributed by atoms with Crippen LogP contribution in [0, 0.1) is 17.8 Å². The Hall–Kier alpha value is -1.02. The van der Waals surface area contributed by atoms with Gasteiger partial charge in [-0.1, -0.05) is 12.1 Å². The van der Waals surface area contributed by atoms with Crippen molar-refractivity contribution in [3.63, 3.8) is 0 Å². The van der Waals surface area contributed by atoms with Gasteiger partial charge in [-0.25, -0.2) is 0 Å². The molecular weight excluding hydrogens is 246 g/mol. The molecule has 0 heterocycles. The van der Waals surface area contributed by atoms with Crippen LogP contribution in [0.1, 0.15) is 57.1 Å². The lowest BCUT2D eigenvalue weighted by Gasteiger charge is -2.56. The van der Waals surface area contributed by atoms with Crippen molar-refractivity contribution in [2.45, 2.75) is 57.1 Å². The lowest BCUT2D eigenvalue weighted by atomic mass is 9.54. The fraction of sp³-hybridized carbons (Fsp3) is 0.667. The molecule has 0 aromatic heterocycles. The Morgan fingerprint density at radius 3 is 1.95 bits per heavy atom. The quantitative estimate of drug-likeness (QED) is 0.900. The maximum absolute atomic E-state index is 6.51. The van der Waals surface area contributed by atoms with Gasteiger partial charge >= 0.3 is 0 Å². The second-order valence-corrected chi connectivity index (χ2v) is 7.56. The molecule has 1 aromatic rings. The van der Waals surface area contributed by atoms with Crippen molar-refractivity contribution in [3.8, 4) is 5.75 Å². The molecule has 0 amide bonds. The first-order valence-electron chi connectivity index (χ1n) is 8.16. The summed E-state index contributed by atoms with van der Waals surface area (Å²) in [6.07, 6.45) is 8.25. The largest absolute Gasteiger partial charge is 0.487 e. The highest BCUT2D eigenvalue weighted by Gasteiger charge is 2.52. The summed E-state index contributed by atoms with van der Waals surface area (Å²) in [6.45, 7) is 2.02. The van der Waals surface area contributed by atoms with Gasteiger partial charge in [0.1, 0.15) is 11.4 Å². The Kier molecular flexibility index (Phi) is 2.85. The molecule has 4 aliphatic rings. The number of rotatable bonds is 3. The van der Waals surface area contributed by atoms with Gasteiger partial charge < -0.3 is 10.5 Å². The van der Waals surface area contributed by atoms with Crippen LogP contribution in [0.5, 0.6) is 5.75 Å². The molecule has 2 N–H and O–H groups in total. The summed E-state index contributed by atoms with van der Waals surface area (Å²) in [5.74, 6) is 3.84. The Morgan fingerprint density at radius 2 is 1.50 bits per heavy atom. The van der Waals surface area contributed by atoms with E-state index in [0.717, 1.165) is 23.5 Å². The standard InChI is InChI=1S/C18H25NO/c1-12(19)16-2-4-17(5-3-16)20-18-9-13-6-14(10-18)8-15(7-13)11-18/h2-5,12-15H,6-11,19H2,1H3. The van der Waals surface area contributed by atoms with E-state index in [2.05, 4.69) is 24.3 Å². The smallest absolute Gasteiger partial charge is 0.120 e. The Balaban J connectivity index is 1.53. The number of benzene rings is 1. The van der Waals surface area contributed by atoms with Gasteiger partial charge in [0.25, 0.3) is 0 Å². The third-order valence-corrected chi connectivity index (χ3v) is 5.72. The van der Waals surface area contributed by atoms with E-state index in [1.54, 1.807) is 0 Å². The van der Waals surface area contributed by atoms with E-state index in [9.17, 15) is 0 Å². The van der Waals surface area contributed by atoms with Crippen LogP contribution in [0.3, 0.4) is 0 Å². The predicted molar refractivity (Wildman–Crippen MR) is 80.6 cm³/mol. The van der Waals surface area contributed by atoms with Gasteiger partial charge in [0.15, 0.2) is 0 Å². The lowest BCUT2D eigenvalue weighted by Crippen LogP contribution is -2.53. The molecule has 2 heteroatoms. The van der Waals surface area contributed by atoms with Crippen LogP contribution < -0.4 is 10.5 Å². The number of ether oxygens (including phenoxy) is 1. The number of hydrogen-bond donors (Lipinski definition) is 1. The minimum Gasteiger partial charge on any atom is -0.487 e. The SMILES string of the molecule is CC(N)c1ccc(OC23CC4CC(CC(C4)C2)C3)cc1. The maximum Gasteiger partial charge on any atom is 0.120 e. The van der Waals surface area contributed by atoms with Crippen molar-refractivity contribution >= 4 is 0 Å². The van der Waals surface area contributed by atoms with Crippen molar-refractivity contribution in [1.82, 2.24) is 0 Å². The number of hydrogen-bond acceptors (Lipinski definition) is 2. The van der Waals surface area contributed by atoms with Crippen LogP contribution in [-0.4, -0.2) is 5.60 Å². The van der Waals surface area contributed by atoms with Crippen molar-refractivity contribution in [2.24, 2.45) is 23.5 Å². The molecule has 4 fully saturated rings. The molecule has 0 spiro atoms. The van der Waals surface area contributed by atoms with Crippen molar-refractivity contribution in [1.29, 1.82) is 0 Å². The molecule has 2 nitrogen and oxygen atoms in total. The highest BCUT2D eigenvalue weighted by Crippen LogP contribution is 2.57. The summed E-state index contributed by atoms with van der Waals surface area (Å²) in [5, 5.41) is 0. The van der Waals surface area contributed by atoms with Gasteiger partial charge in [-0.15, -0.1) is 0 Å². The van der Waals surface area contributed by atoms with E-state index >= 15 is 0 Å². The van der Waals surface area contributed by atoms with Gasteiger partial charge in [0.05, 0.1) is 0 Å². The molecule has 20 heavy (non-hydrogen) atoms. The van der Waals surface area contributed by atoms with Crippen LogP contribution in [0.25, 0.3) is 0 Å². The third-order valence-electron chi connectivity index (χ3n) is 5.72. The second-order valence-electron chi connectivity index (χ2n) is 7.56. The lowest BCUT2D eigenvalue weighted by molar-refractivity contribution is -0.107. The first kappa shape index (κ1) is 12.7. The van der Waals surface area contributed by atoms with Crippen molar-refractivity contribution < 1.29 is 4.74 Å². The molecule has 4 saturated carbocycles. The van der Waals surface area contributed by atoms with Crippen molar-refractivity contribution in [3.05, 3.63) is 29.8 Å². The van der Waals surface area contributed by atoms with Crippen LogP contribution in [0.15, 0.2) is 24.3 Å².